The normalized spacial score (nSPS) is 27.6. The van der Waals surface area contributed by atoms with Gasteiger partial charge in [-0.05, 0) is 48.9 Å². The summed E-state index contributed by atoms with van der Waals surface area (Å²) >= 11 is 5.95. The topological polar surface area (TPSA) is 64.6 Å². The van der Waals surface area contributed by atoms with Gasteiger partial charge in [0.1, 0.15) is 0 Å². The van der Waals surface area contributed by atoms with Gasteiger partial charge in [0, 0.05) is 5.88 Å². The van der Waals surface area contributed by atoms with Crippen LogP contribution < -0.4 is 5.32 Å². The standard InChI is InChI=1S/C22H38ClNO4Si/c1-15-17(13-14-23)19(25)24-22(15,20(26)27-5)18(16-11-9-8-10-12-16)28-29(6,7)21(2,3)4/h16-18H,1,8-14H2,2-7H3,(H,24,25)/t17-,18+,22+/m1/s1. The summed E-state index contributed by atoms with van der Waals surface area (Å²) in [6, 6.07) is 0. The molecule has 2 aliphatic rings. The van der Waals surface area contributed by atoms with E-state index in [0.29, 0.717) is 17.9 Å². The fourth-order valence-electron chi connectivity index (χ4n) is 4.39. The monoisotopic (exact) mass is 443 g/mol. The van der Waals surface area contributed by atoms with Crippen molar-refractivity contribution in [3.05, 3.63) is 12.2 Å². The number of hydrogen-bond acceptors (Lipinski definition) is 4. The van der Waals surface area contributed by atoms with Crippen LogP contribution in [0.3, 0.4) is 0 Å². The van der Waals surface area contributed by atoms with Crippen LogP contribution in [0.25, 0.3) is 0 Å². The number of hydrogen-bond donors (Lipinski definition) is 1. The second-order valence-electron chi connectivity index (χ2n) is 10.0. The van der Waals surface area contributed by atoms with Gasteiger partial charge < -0.3 is 14.5 Å². The molecule has 0 aromatic rings. The van der Waals surface area contributed by atoms with Crippen molar-refractivity contribution in [2.75, 3.05) is 13.0 Å². The van der Waals surface area contributed by atoms with E-state index < -0.39 is 31.8 Å². The third-order valence-corrected chi connectivity index (χ3v) is 11.9. The van der Waals surface area contributed by atoms with Crippen molar-refractivity contribution in [2.45, 2.75) is 89.1 Å². The van der Waals surface area contributed by atoms with E-state index in [4.69, 9.17) is 20.8 Å². The molecule has 29 heavy (non-hydrogen) atoms. The van der Waals surface area contributed by atoms with Crippen LogP contribution in [0.4, 0.5) is 0 Å². The molecule has 0 unspecified atom stereocenters. The number of methoxy groups -OCH3 is 1. The highest BCUT2D eigenvalue weighted by Crippen LogP contribution is 2.47. The maximum Gasteiger partial charge on any atom is 0.338 e. The summed E-state index contributed by atoms with van der Waals surface area (Å²) in [6.45, 7) is 15.1. The van der Waals surface area contributed by atoms with Crippen LogP contribution in [0.2, 0.25) is 18.1 Å². The number of alkyl halides is 1. The van der Waals surface area contributed by atoms with Crippen LogP contribution in [0.15, 0.2) is 12.2 Å². The predicted molar refractivity (Wildman–Crippen MR) is 120 cm³/mol. The Morgan fingerprint density at radius 1 is 1.31 bits per heavy atom. The van der Waals surface area contributed by atoms with Gasteiger partial charge in [-0.2, -0.15) is 0 Å². The molecule has 0 bridgehead atoms. The Labute approximate surface area is 182 Å². The minimum Gasteiger partial charge on any atom is -0.467 e. The maximum atomic E-state index is 13.3. The van der Waals surface area contributed by atoms with Crippen LogP contribution in [0.1, 0.15) is 59.3 Å². The van der Waals surface area contributed by atoms with E-state index in [1.165, 1.54) is 13.5 Å². The Hall–Kier alpha value is -0.853. The maximum absolute atomic E-state index is 13.3. The van der Waals surface area contributed by atoms with E-state index in [2.05, 4.69) is 45.8 Å². The molecule has 7 heteroatoms. The molecule has 0 aromatic carbocycles. The number of halogens is 1. The summed E-state index contributed by atoms with van der Waals surface area (Å²) in [4.78, 5) is 26.1. The molecule has 0 radical (unpaired) electrons. The summed E-state index contributed by atoms with van der Waals surface area (Å²) in [5, 5.41) is 2.97. The van der Waals surface area contributed by atoms with Gasteiger partial charge in [-0.15, -0.1) is 11.6 Å². The zero-order valence-electron chi connectivity index (χ0n) is 18.9. The van der Waals surface area contributed by atoms with Gasteiger partial charge in [-0.3, -0.25) is 4.79 Å². The number of ether oxygens (including phenoxy) is 1. The molecule has 5 nitrogen and oxygen atoms in total. The Kier molecular flexibility index (Phi) is 7.67. The molecule has 1 amide bonds. The molecule has 1 saturated carbocycles. The second-order valence-corrected chi connectivity index (χ2v) is 15.2. The van der Waals surface area contributed by atoms with Crippen molar-refractivity contribution in [3.8, 4) is 0 Å². The van der Waals surface area contributed by atoms with Crippen LogP contribution in [-0.2, 0) is 18.8 Å². The van der Waals surface area contributed by atoms with Crippen LogP contribution in [0, 0.1) is 11.8 Å². The highest BCUT2D eigenvalue weighted by molar-refractivity contribution is 6.74. The van der Waals surface area contributed by atoms with E-state index in [1.807, 2.05) is 0 Å². The summed E-state index contributed by atoms with van der Waals surface area (Å²) in [6.07, 6.45) is 5.31. The molecule has 1 aliphatic carbocycles. The first kappa shape index (κ1) is 24.4. The number of esters is 1. The fraction of sp³-hybridized carbons (Fsp3) is 0.818. The fourth-order valence-corrected chi connectivity index (χ4v) is 5.97. The minimum atomic E-state index is -2.24. The van der Waals surface area contributed by atoms with Crippen LogP contribution >= 0.6 is 11.6 Å². The van der Waals surface area contributed by atoms with E-state index in [-0.39, 0.29) is 16.9 Å². The van der Waals surface area contributed by atoms with Gasteiger partial charge in [0.05, 0.1) is 19.1 Å². The van der Waals surface area contributed by atoms with Gasteiger partial charge in [-0.1, -0.05) is 46.6 Å². The predicted octanol–water partition coefficient (Wildman–Crippen LogP) is 4.80. The first-order valence-corrected chi connectivity index (χ1v) is 14.2. The van der Waals surface area contributed by atoms with Gasteiger partial charge in [0.2, 0.25) is 5.91 Å². The molecular formula is C22H38ClNO4Si. The molecule has 1 N–H and O–H groups in total. The lowest BCUT2D eigenvalue weighted by molar-refractivity contribution is -0.153. The molecule has 166 valence electrons. The van der Waals surface area contributed by atoms with Gasteiger partial charge in [0.15, 0.2) is 13.9 Å². The lowest BCUT2D eigenvalue weighted by atomic mass is 9.73. The Morgan fingerprint density at radius 2 is 1.90 bits per heavy atom. The van der Waals surface area contributed by atoms with Gasteiger partial charge in [0.25, 0.3) is 0 Å². The minimum absolute atomic E-state index is 0.0310. The molecule has 0 spiro atoms. The molecule has 1 aliphatic heterocycles. The Balaban J connectivity index is 2.58. The largest absolute Gasteiger partial charge is 0.467 e. The smallest absolute Gasteiger partial charge is 0.338 e. The van der Waals surface area contributed by atoms with Crippen molar-refractivity contribution in [2.24, 2.45) is 11.8 Å². The molecule has 1 saturated heterocycles. The number of carbonyl (C=O) groups is 2. The van der Waals surface area contributed by atoms with E-state index in [9.17, 15) is 9.59 Å². The van der Waals surface area contributed by atoms with Gasteiger partial charge >= 0.3 is 5.97 Å². The van der Waals surface area contributed by atoms with Crippen LogP contribution in [-0.4, -0.2) is 44.8 Å². The molecule has 2 fully saturated rings. The summed E-state index contributed by atoms with van der Waals surface area (Å²) in [7, 11) is -0.880. The number of nitrogens with one attached hydrogen (secondary N) is 1. The van der Waals surface area contributed by atoms with Crippen molar-refractivity contribution >= 4 is 31.8 Å². The Morgan fingerprint density at radius 3 is 2.38 bits per heavy atom. The van der Waals surface area contributed by atoms with E-state index in [1.54, 1.807) is 0 Å². The van der Waals surface area contributed by atoms with Crippen molar-refractivity contribution in [1.82, 2.24) is 5.32 Å². The van der Waals surface area contributed by atoms with Crippen molar-refractivity contribution in [3.63, 3.8) is 0 Å². The second kappa shape index (κ2) is 9.11. The first-order chi connectivity index (χ1) is 13.4. The first-order valence-electron chi connectivity index (χ1n) is 10.8. The van der Waals surface area contributed by atoms with E-state index in [0.717, 1.165) is 25.7 Å². The number of amides is 1. The summed E-state index contributed by atoms with van der Waals surface area (Å²) in [5.41, 5.74) is -0.802. The zero-order valence-corrected chi connectivity index (χ0v) is 20.7. The highest BCUT2D eigenvalue weighted by Gasteiger charge is 2.61. The summed E-state index contributed by atoms with van der Waals surface area (Å²) in [5.74, 6) is -0.696. The molecular weight excluding hydrogens is 406 g/mol. The quantitative estimate of drug-likeness (QED) is 0.265. The third kappa shape index (κ3) is 4.59. The molecule has 2 rings (SSSR count). The average Bonchev–Trinajstić information content (AvgIpc) is 2.91. The highest BCUT2D eigenvalue weighted by atomic mass is 35.5. The SMILES string of the molecule is C=C1[C@@H](CCCl)C(=O)N[C@]1(C(=O)OC)[C@@H](O[Si](C)(C)C(C)(C)C)C1CCCCC1. The van der Waals surface area contributed by atoms with Gasteiger partial charge in [-0.25, -0.2) is 4.79 Å². The van der Waals surface area contributed by atoms with E-state index >= 15 is 0 Å². The molecule has 3 atom stereocenters. The molecule has 1 heterocycles. The Bertz CT molecular complexity index is 639. The zero-order chi connectivity index (χ0) is 22.0. The van der Waals surface area contributed by atoms with Crippen molar-refractivity contribution in [1.29, 1.82) is 0 Å². The lowest BCUT2D eigenvalue weighted by Crippen LogP contribution is -2.65. The molecule has 0 aromatic heterocycles. The average molecular weight is 444 g/mol. The van der Waals surface area contributed by atoms with Crippen molar-refractivity contribution < 1.29 is 18.8 Å². The summed E-state index contributed by atoms with van der Waals surface area (Å²) < 4.78 is 12.2. The van der Waals surface area contributed by atoms with Crippen LogP contribution in [0.5, 0.6) is 0 Å². The third-order valence-electron chi connectivity index (χ3n) is 7.20. The number of rotatable bonds is 7. The number of carbonyl (C=O) groups excluding carboxylic acids is 2. The lowest BCUT2D eigenvalue weighted by Gasteiger charge is -2.48.